The zero-order valence-corrected chi connectivity index (χ0v) is 11.4. The summed E-state index contributed by atoms with van der Waals surface area (Å²) in [7, 11) is 0. The van der Waals surface area contributed by atoms with Crippen molar-refractivity contribution in [3.05, 3.63) is 41.2 Å². The second kappa shape index (κ2) is 4.52. The lowest BCUT2D eigenvalue weighted by Crippen LogP contribution is -2.32. The van der Waals surface area contributed by atoms with Gasteiger partial charge in [-0.05, 0) is 42.7 Å². The minimum Gasteiger partial charge on any atom is -0.454 e. The summed E-state index contributed by atoms with van der Waals surface area (Å²) in [5.41, 5.74) is 3.81. The van der Waals surface area contributed by atoms with Gasteiger partial charge >= 0.3 is 0 Å². The van der Waals surface area contributed by atoms with Gasteiger partial charge in [0.25, 0.3) is 0 Å². The molecule has 4 rings (SSSR count). The van der Waals surface area contributed by atoms with Crippen molar-refractivity contribution in [2.75, 3.05) is 13.3 Å². The number of hydrogen-bond acceptors (Lipinski definition) is 4. The van der Waals surface area contributed by atoms with Gasteiger partial charge in [0.1, 0.15) is 0 Å². The molecule has 1 unspecified atom stereocenters. The van der Waals surface area contributed by atoms with E-state index >= 15 is 0 Å². The molecule has 0 fully saturated rings. The summed E-state index contributed by atoms with van der Waals surface area (Å²) in [6.45, 7) is 4.27. The molecular weight excluding hydrogens is 254 g/mol. The van der Waals surface area contributed by atoms with E-state index in [1.54, 1.807) is 0 Å². The van der Waals surface area contributed by atoms with Gasteiger partial charge in [-0.3, -0.25) is 4.68 Å². The molecular formula is C15H17N3O2. The first kappa shape index (κ1) is 11.8. The Hall–Kier alpha value is -2.01. The number of hydrogen-bond donors (Lipinski definition) is 1. The van der Waals surface area contributed by atoms with Crippen LogP contribution < -0.4 is 14.8 Å². The average Bonchev–Trinajstić information content (AvgIpc) is 3.12. The molecule has 20 heavy (non-hydrogen) atoms. The molecule has 5 heteroatoms. The van der Waals surface area contributed by atoms with Crippen LogP contribution in [0.1, 0.15) is 29.8 Å². The molecule has 2 aromatic rings. The van der Waals surface area contributed by atoms with Crippen LogP contribution in [0.4, 0.5) is 0 Å². The highest BCUT2D eigenvalue weighted by Crippen LogP contribution is 2.39. The Kier molecular flexibility index (Phi) is 2.67. The van der Waals surface area contributed by atoms with Crippen molar-refractivity contribution in [1.82, 2.24) is 15.1 Å². The van der Waals surface area contributed by atoms with Gasteiger partial charge < -0.3 is 14.8 Å². The standard InChI is InChI=1S/C15H17N3O2/c1-2-18-12(4-6-17-18)15-11-8-14-13(19-9-20-14)7-10(11)3-5-16-15/h4,6-8,15-16H,2-3,5,9H2,1H3. The summed E-state index contributed by atoms with van der Waals surface area (Å²) >= 11 is 0. The second-order valence-electron chi connectivity index (χ2n) is 5.11. The number of nitrogens with zero attached hydrogens (tertiary/aromatic N) is 2. The third kappa shape index (κ3) is 1.70. The Bertz CT molecular complexity index is 651. The summed E-state index contributed by atoms with van der Waals surface area (Å²) in [5.74, 6) is 1.72. The van der Waals surface area contributed by atoms with E-state index in [0.717, 1.165) is 31.0 Å². The van der Waals surface area contributed by atoms with Gasteiger partial charge in [-0.25, -0.2) is 0 Å². The molecule has 1 atom stereocenters. The summed E-state index contributed by atoms with van der Waals surface area (Å²) in [6.07, 6.45) is 2.88. The Morgan fingerprint density at radius 3 is 3.05 bits per heavy atom. The van der Waals surface area contributed by atoms with Crippen molar-refractivity contribution in [3.8, 4) is 11.5 Å². The molecule has 1 N–H and O–H groups in total. The van der Waals surface area contributed by atoms with Crippen LogP contribution in [0.2, 0.25) is 0 Å². The summed E-state index contributed by atoms with van der Waals surface area (Å²) in [6, 6.07) is 6.50. The fraction of sp³-hybridized carbons (Fsp3) is 0.400. The first-order valence-corrected chi connectivity index (χ1v) is 7.04. The smallest absolute Gasteiger partial charge is 0.231 e. The van der Waals surface area contributed by atoms with Crippen LogP contribution in [0, 0.1) is 0 Å². The third-order valence-electron chi connectivity index (χ3n) is 4.03. The number of rotatable bonds is 2. The molecule has 0 amide bonds. The van der Waals surface area contributed by atoms with E-state index in [2.05, 4.69) is 35.5 Å². The maximum atomic E-state index is 5.51. The van der Waals surface area contributed by atoms with Gasteiger partial charge in [-0.15, -0.1) is 0 Å². The van der Waals surface area contributed by atoms with E-state index in [1.165, 1.54) is 16.8 Å². The molecule has 5 nitrogen and oxygen atoms in total. The van der Waals surface area contributed by atoms with Crippen LogP contribution in [0.5, 0.6) is 11.5 Å². The van der Waals surface area contributed by atoms with E-state index in [1.807, 2.05) is 10.9 Å². The van der Waals surface area contributed by atoms with Gasteiger partial charge in [0.15, 0.2) is 11.5 Å². The lowest BCUT2D eigenvalue weighted by molar-refractivity contribution is 0.174. The van der Waals surface area contributed by atoms with Crippen molar-refractivity contribution in [1.29, 1.82) is 0 Å². The van der Waals surface area contributed by atoms with Gasteiger partial charge in [-0.1, -0.05) is 0 Å². The third-order valence-corrected chi connectivity index (χ3v) is 4.03. The van der Waals surface area contributed by atoms with Gasteiger partial charge in [0, 0.05) is 19.3 Å². The van der Waals surface area contributed by atoms with Crippen molar-refractivity contribution in [3.63, 3.8) is 0 Å². The van der Waals surface area contributed by atoms with E-state index in [4.69, 9.17) is 9.47 Å². The first-order valence-electron chi connectivity index (χ1n) is 7.04. The predicted molar refractivity (Wildman–Crippen MR) is 74.0 cm³/mol. The largest absolute Gasteiger partial charge is 0.454 e. The second-order valence-corrected chi connectivity index (χ2v) is 5.11. The lowest BCUT2D eigenvalue weighted by Gasteiger charge is -2.27. The van der Waals surface area contributed by atoms with Crippen LogP contribution in [0.15, 0.2) is 24.4 Å². The number of ether oxygens (including phenoxy) is 2. The van der Waals surface area contributed by atoms with Crippen LogP contribution in [0.3, 0.4) is 0 Å². The highest BCUT2D eigenvalue weighted by atomic mass is 16.7. The minimum atomic E-state index is 0.177. The number of aryl methyl sites for hydroxylation is 1. The number of fused-ring (bicyclic) bond motifs is 2. The highest BCUT2D eigenvalue weighted by molar-refractivity contribution is 5.52. The Morgan fingerprint density at radius 1 is 1.35 bits per heavy atom. The molecule has 1 aromatic carbocycles. The SMILES string of the molecule is CCn1nccc1C1NCCc2cc3c(cc21)OCO3. The number of aromatic nitrogens is 2. The van der Waals surface area contributed by atoms with Crippen LogP contribution >= 0.6 is 0 Å². The van der Waals surface area contributed by atoms with E-state index in [9.17, 15) is 0 Å². The lowest BCUT2D eigenvalue weighted by atomic mass is 9.92. The molecule has 3 heterocycles. The molecule has 0 bridgehead atoms. The number of benzene rings is 1. The van der Waals surface area contributed by atoms with Crippen molar-refractivity contribution < 1.29 is 9.47 Å². The Balaban J connectivity index is 1.82. The normalized spacial score (nSPS) is 19.9. The summed E-state index contributed by atoms with van der Waals surface area (Å²) in [4.78, 5) is 0. The molecule has 0 saturated heterocycles. The zero-order chi connectivity index (χ0) is 13.5. The van der Waals surface area contributed by atoms with Crippen LogP contribution in [0.25, 0.3) is 0 Å². The zero-order valence-electron chi connectivity index (χ0n) is 11.4. The molecule has 0 spiro atoms. The first-order chi connectivity index (χ1) is 9.86. The molecule has 2 aliphatic rings. The quantitative estimate of drug-likeness (QED) is 0.906. The average molecular weight is 271 g/mol. The molecule has 104 valence electrons. The van der Waals surface area contributed by atoms with E-state index < -0.39 is 0 Å². The van der Waals surface area contributed by atoms with Gasteiger partial charge in [-0.2, -0.15) is 5.10 Å². The van der Waals surface area contributed by atoms with Crippen molar-refractivity contribution in [2.45, 2.75) is 25.9 Å². The van der Waals surface area contributed by atoms with Gasteiger partial charge in [0.05, 0.1) is 11.7 Å². The minimum absolute atomic E-state index is 0.177. The maximum absolute atomic E-state index is 5.51. The van der Waals surface area contributed by atoms with Crippen molar-refractivity contribution >= 4 is 0 Å². The fourth-order valence-electron chi connectivity index (χ4n) is 3.06. The van der Waals surface area contributed by atoms with Crippen LogP contribution in [-0.4, -0.2) is 23.1 Å². The molecule has 0 saturated carbocycles. The van der Waals surface area contributed by atoms with Crippen LogP contribution in [-0.2, 0) is 13.0 Å². The fourth-order valence-corrected chi connectivity index (χ4v) is 3.06. The molecule has 0 aliphatic carbocycles. The maximum Gasteiger partial charge on any atom is 0.231 e. The topological polar surface area (TPSA) is 48.3 Å². The van der Waals surface area contributed by atoms with E-state index in [-0.39, 0.29) is 6.04 Å². The van der Waals surface area contributed by atoms with Gasteiger partial charge in [0.2, 0.25) is 6.79 Å². The molecule has 2 aliphatic heterocycles. The Morgan fingerprint density at radius 2 is 2.20 bits per heavy atom. The number of nitrogens with one attached hydrogen (secondary N) is 1. The highest BCUT2D eigenvalue weighted by Gasteiger charge is 2.27. The summed E-state index contributed by atoms with van der Waals surface area (Å²) in [5, 5.41) is 7.96. The monoisotopic (exact) mass is 271 g/mol. The predicted octanol–water partition coefficient (Wildman–Crippen LogP) is 1.87. The van der Waals surface area contributed by atoms with E-state index in [0.29, 0.717) is 6.79 Å². The van der Waals surface area contributed by atoms with Crippen molar-refractivity contribution in [2.24, 2.45) is 0 Å². The molecule has 1 aromatic heterocycles. The molecule has 0 radical (unpaired) electrons. The Labute approximate surface area is 117 Å². The summed E-state index contributed by atoms with van der Waals surface area (Å²) < 4.78 is 13.0.